The van der Waals surface area contributed by atoms with Gasteiger partial charge >= 0.3 is 0 Å². The fourth-order valence-corrected chi connectivity index (χ4v) is 4.94. The maximum Gasteiger partial charge on any atom is 0.219 e. The van der Waals surface area contributed by atoms with Crippen LogP contribution in [0.2, 0.25) is 0 Å². The van der Waals surface area contributed by atoms with Crippen LogP contribution in [-0.2, 0) is 9.53 Å². The number of H-pyrrole nitrogens is 1. The van der Waals surface area contributed by atoms with E-state index in [9.17, 15) is 10.1 Å². The second-order valence-electron chi connectivity index (χ2n) is 9.44. The average Bonchev–Trinajstić information content (AvgIpc) is 3.35. The zero-order valence-corrected chi connectivity index (χ0v) is 20.6. The van der Waals surface area contributed by atoms with E-state index in [4.69, 9.17) is 9.47 Å². The summed E-state index contributed by atoms with van der Waals surface area (Å²) in [6, 6.07) is 20.6. The highest BCUT2D eigenvalue weighted by Gasteiger charge is 2.30. The van der Waals surface area contributed by atoms with Gasteiger partial charge in [-0.1, -0.05) is 18.2 Å². The third-order valence-electron chi connectivity index (χ3n) is 7.08. The van der Waals surface area contributed by atoms with Crippen molar-refractivity contribution < 1.29 is 14.3 Å². The van der Waals surface area contributed by atoms with E-state index in [1.54, 1.807) is 18.0 Å². The highest BCUT2D eigenvalue weighted by molar-refractivity contribution is 5.96. The molecule has 2 aliphatic rings. The topological polar surface area (TPSA) is 94.5 Å². The number of carbonyl (C=O) groups excluding carboxylic acids is 1. The Balaban J connectivity index is 1.26. The fraction of sp³-hybridized carbons (Fsp3) is 0.276. The fourth-order valence-electron chi connectivity index (χ4n) is 4.94. The van der Waals surface area contributed by atoms with Crippen LogP contribution >= 0.6 is 0 Å². The number of carbonyl (C=O) groups is 1. The van der Waals surface area contributed by atoms with Crippen LogP contribution in [-0.4, -0.2) is 66.3 Å². The van der Waals surface area contributed by atoms with Gasteiger partial charge in [-0.2, -0.15) is 5.26 Å². The summed E-state index contributed by atoms with van der Waals surface area (Å²) in [6.07, 6.45) is 1.69. The molecule has 0 radical (unpaired) electrons. The number of likely N-dealkylation sites (tertiary alicyclic amines) is 1. The van der Waals surface area contributed by atoms with Crippen molar-refractivity contribution in [2.24, 2.45) is 0 Å². The summed E-state index contributed by atoms with van der Waals surface area (Å²) in [7, 11) is 0. The van der Waals surface area contributed by atoms with Gasteiger partial charge in [0.15, 0.2) is 0 Å². The minimum Gasteiger partial charge on any atom is -0.485 e. The Hall–Kier alpha value is -4.35. The number of nitrogens with zero attached hydrogens (tertiary/aromatic N) is 4. The largest absolute Gasteiger partial charge is 0.485 e. The molecule has 2 aromatic carbocycles. The van der Waals surface area contributed by atoms with Crippen molar-refractivity contribution in [3.63, 3.8) is 0 Å². The first-order valence-corrected chi connectivity index (χ1v) is 12.5. The summed E-state index contributed by atoms with van der Waals surface area (Å²) in [5.41, 5.74) is 6.45. The maximum absolute atomic E-state index is 11.4. The number of nitriles is 1. The van der Waals surface area contributed by atoms with Crippen molar-refractivity contribution in [1.82, 2.24) is 14.9 Å². The van der Waals surface area contributed by atoms with E-state index in [1.165, 1.54) is 5.69 Å². The minimum atomic E-state index is -0.0867. The number of pyridine rings is 1. The van der Waals surface area contributed by atoms with Crippen molar-refractivity contribution in [1.29, 1.82) is 5.26 Å². The maximum atomic E-state index is 11.4. The number of anilines is 1. The van der Waals surface area contributed by atoms with E-state index in [0.29, 0.717) is 24.4 Å². The molecule has 4 aromatic rings. The van der Waals surface area contributed by atoms with Crippen molar-refractivity contribution in [3.05, 3.63) is 66.4 Å². The van der Waals surface area contributed by atoms with Crippen LogP contribution in [0, 0.1) is 11.3 Å². The Kier molecular flexibility index (Phi) is 5.99. The second kappa shape index (κ2) is 9.60. The number of benzene rings is 2. The lowest BCUT2D eigenvalue weighted by Crippen LogP contribution is -2.55. The molecular weight excluding hydrogens is 466 g/mol. The summed E-state index contributed by atoms with van der Waals surface area (Å²) in [5.74, 6) is 0.580. The van der Waals surface area contributed by atoms with Gasteiger partial charge in [-0.05, 0) is 53.1 Å². The smallest absolute Gasteiger partial charge is 0.219 e. The molecule has 186 valence electrons. The number of amides is 1. The molecule has 0 bridgehead atoms. The monoisotopic (exact) mass is 493 g/mol. The molecule has 2 saturated heterocycles. The highest BCUT2D eigenvalue weighted by Crippen LogP contribution is 2.34. The van der Waals surface area contributed by atoms with Crippen molar-refractivity contribution in [2.45, 2.75) is 13.0 Å². The first kappa shape index (κ1) is 23.1. The standard InChI is InChI=1S/C29H27N5O3/c1-19(35)34-17-24(18-34)37-28-7-4-21(14-22(28)16-30)25-8-9-31-29-26(25)15-27(32-29)20-2-5-23(6-3-20)33-10-12-36-13-11-33/h2-9,14-15,24H,10-13,17-18H2,1H3,(H,31,32). The van der Waals surface area contributed by atoms with Crippen molar-refractivity contribution in [2.75, 3.05) is 44.3 Å². The first-order chi connectivity index (χ1) is 18.1. The molecule has 8 heteroatoms. The van der Waals surface area contributed by atoms with Gasteiger partial charge in [-0.25, -0.2) is 4.98 Å². The van der Waals surface area contributed by atoms with Gasteiger partial charge in [-0.3, -0.25) is 4.79 Å². The third kappa shape index (κ3) is 4.50. The number of aromatic amines is 1. The van der Waals surface area contributed by atoms with Gasteiger partial charge in [0.2, 0.25) is 5.91 Å². The molecule has 2 aliphatic heterocycles. The summed E-state index contributed by atoms with van der Waals surface area (Å²) in [6.45, 7) is 5.99. The molecule has 2 fully saturated rings. The summed E-state index contributed by atoms with van der Waals surface area (Å²) in [5, 5.41) is 10.8. The number of fused-ring (bicyclic) bond motifs is 1. The third-order valence-corrected chi connectivity index (χ3v) is 7.08. The summed E-state index contributed by atoms with van der Waals surface area (Å²) in [4.78, 5) is 23.5. The molecule has 0 atom stereocenters. The molecule has 1 amide bonds. The van der Waals surface area contributed by atoms with Gasteiger partial charge in [0, 0.05) is 43.0 Å². The number of ether oxygens (including phenoxy) is 2. The quantitative estimate of drug-likeness (QED) is 0.448. The number of hydrogen-bond donors (Lipinski definition) is 1. The SMILES string of the molecule is CC(=O)N1CC(Oc2ccc(-c3ccnc4[nH]c(-c5ccc(N6CCOCC6)cc5)cc34)cc2C#N)C1. The van der Waals surface area contributed by atoms with E-state index in [0.717, 1.165) is 59.7 Å². The average molecular weight is 494 g/mol. The lowest BCUT2D eigenvalue weighted by molar-refractivity contribution is -0.137. The van der Waals surface area contributed by atoms with Gasteiger partial charge in [0.05, 0.1) is 31.9 Å². The predicted octanol–water partition coefficient (Wildman–Crippen LogP) is 4.21. The number of nitrogens with one attached hydrogen (secondary N) is 1. The van der Waals surface area contributed by atoms with E-state index < -0.39 is 0 Å². The lowest BCUT2D eigenvalue weighted by atomic mass is 10.0. The minimum absolute atomic E-state index is 0.0383. The van der Waals surface area contributed by atoms with E-state index in [2.05, 4.69) is 51.3 Å². The lowest BCUT2D eigenvalue weighted by Gasteiger charge is -2.38. The molecule has 0 saturated carbocycles. The van der Waals surface area contributed by atoms with Crippen LogP contribution in [0.25, 0.3) is 33.4 Å². The van der Waals surface area contributed by atoms with Crippen LogP contribution in [0.5, 0.6) is 5.75 Å². The van der Waals surface area contributed by atoms with Gasteiger partial charge < -0.3 is 24.3 Å². The van der Waals surface area contributed by atoms with Crippen LogP contribution in [0.1, 0.15) is 12.5 Å². The molecule has 2 aromatic heterocycles. The molecule has 1 N–H and O–H groups in total. The Morgan fingerprint density at radius 1 is 1.08 bits per heavy atom. The first-order valence-electron chi connectivity index (χ1n) is 12.5. The Morgan fingerprint density at radius 2 is 1.84 bits per heavy atom. The van der Waals surface area contributed by atoms with Crippen LogP contribution in [0.3, 0.4) is 0 Å². The normalized spacial score (nSPS) is 15.9. The van der Waals surface area contributed by atoms with Gasteiger partial charge in [0.1, 0.15) is 23.6 Å². The number of morpholine rings is 1. The number of aromatic nitrogens is 2. The molecule has 0 unspecified atom stereocenters. The zero-order chi connectivity index (χ0) is 25.4. The summed E-state index contributed by atoms with van der Waals surface area (Å²) >= 11 is 0. The van der Waals surface area contributed by atoms with Crippen molar-refractivity contribution >= 4 is 22.6 Å². The van der Waals surface area contributed by atoms with Crippen LogP contribution in [0.15, 0.2) is 60.8 Å². The van der Waals surface area contributed by atoms with Gasteiger partial charge in [-0.15, -0.1) is 0 Å². The van der Waals surface area contributed by atoms with E-state index in [-0.39, 0.29) is 12.0 Å². The Labute approximate surface area is 215 Å². The molecule has 8 nitrogen and oxygen atoms in total. The Morgan fingerprint density at radius 3 is 2.57 bits per heavy atom. The van der Waals surface area contributed by atoms with Gasteiger partial charge in [0.25, 0.3) is 0 Å². The molecule has 4 heterocycles. The zero-order valence-electron chi connectivity index (χ0n) is 20.6. The van der Waals surface area contributed by atoms with E-state index in [1.807, 2.05) is 24.3 Å². The molecule has 6 rings (SSSR count). The number of hydrogen-bond acceptors (Lipinski definition) is 6. The predicted molar refractivity (Wildman–Crippen MR) is 141 cm³/mol. The summed E-state index contributed by atoms with van der Waals surface area (Å²) < 4.78 is 11.5. The molecule has 0 aliphatic carbocycles. The molecular formula is C29H27N5O3. The second-order valence-corrected chi connectivity index (χ2v) is 9.44. The molecule has 37 heavy (non-hydrogen) atoms. The Bertz CT molecular complexity index is 1490. The van der Waals surface area contributed by atoms with Crippen molar-refractivity contribution in [3.8, 4) is 34.2 Å². The van der Waals surface area contributed by atoms with Crippen LogP contribution in [0.4, 0.5) is 5.69 Å². The van der Waals surface area contributed by atoms with Crippen LogP contribution < -0.4 is 9.64 Å². The highest BCUT2D eigenvalue weighted by atomic mass is 16.5. The number of rotatable bonds is 5. The molecule has 0 spiro atoms. The van der Waals surface area contributed by atoms with E-state index >= 15 is 0 Å².